The molecule has 2 fully saturated rings. The molecule has 3 heteroatoms. The molecule has 0 radical (unpaired) electrons. The summed E-state index contributed by atoms with van der Waals surface area (Å²) in [7, 11) is 1.48. The van der Waals surface area contributed by atoms with E-state index in [1.807, 2.05) is 0 Å². The maximum atomic E-state index is 11.3. The van der Waals surface area contributed by atoms with Gasteiger partial charge in [-0.3, -0.25) is 4.79 Å². The van der Waals surface area contributed by atoms with Crippen molar-refractivity contribution >= 4 is 5.97 Å². The van der Waals surface area contributed by atoms with Gasteiger partial charge in [-0.15, -0.1) is 0 Å². The van der Waals surface area contributed by atoms with Gasteiger partial charge in [-0.05, 0) is 37.8 Å². The lowest BCUT2D eigenvalue weighted by Gasteiger charge is -2.14. The summed E-state index contributed by atoms with van der Waals surface area (Å²) in [5.74, 6) is 1.45. The van der Waals surface area contributed by atoms with Gasteiger partial charge >= 0.3 is 5.97 Å². The molecule has 0 aromatic heterocycles. The Morgan fingerprint density at radius 2 is 2.25 bits per heavy atom. The molecule has 0 spiro atoms. The monoisotopic (exact) mass is 169 g/mol. The van der Waals surface area contributed by atoms with Crippen molar-refractivity contribution in [3.8, 4) is 0 Å². The Hall–Kier alpha value is -0.570. The van der Waals surface area contributed by atoms with E-state index in [0.29, 0.717) is 5.92 Å². The zero-order chi connectivity index (χ0) is 8.55. The second kappa shape index (κ2) is 3.05. The number of rotatable bonds is 1. The summed E-state index contributed by atoms with van der Waals surface area (Å²) in [6.45, 7) is 2.10. The van der Waals surface area contributed by atoms with Crippen molar-refractivity contribution in [1.82, 2.24) is 5.32 Å². The lowest BCUT2D eigenvalue weighted by Crippen LogP contribution is -2.24. The highest BCUT2D eigenvalue weighted by molar-refractivity contribution is 5.73. The van der Waals surface area contributed by atoms with E-state index >= 15 is 0 Å². The average Bonchev–Trinajstić information content (AvgIpc) is 2.62. The number of esters is 1. The molecular formula is C9H15NO2. The Labute approximate surface area is 72.5 Å². The first kappa shape index (κ1) is 8.05. The van der Waals surface area contributed by atoms with E-state index in [-0.39, 0.29) is 11.9 Å². The fraction of sp³-hybridized carbons (Fsp3) is 0.889. The first-order valence-corrected chi connectivity index (χ1v) is 4.61. The van der Waals surface area contributed by atoms with Gasteiger partial charge in [0, 0.05) is 0 Å². The SMILES string of the molecule is COC(=O)C1CC[C@H]2CNC[C@@H]12. The maximum Gasteiger partial charge on any atom is 0.308 e. The Morgan fingerprint density at radius 3 is 3.00 bits per heavy atom. The van der Waals surface area contributed by atoms with Crippen LogP contribution in [0.25, 0.3) is 0 Å². The zero-order valence-electron chi connectivity index (χ0n) is 7.38. The molecule has 1 N–H and O–H groups in total. The van der Waals surface area contributed by atoms with Gasteiger partial charge in [0.1, 0.15) is 0 Å². The fourth-order valence-electron chi connectivity index (χ4n) is 2.59. The van der Waals surface area contributed by atoms with Crippen molar-refractivity contribution in [2.45, 2.75) is 12.8 Å². The number of hydrogen-bond donors (Lipinski definition) is 1. The molecule has 0 aromatic carbocycles. The molecule has 68 valence electrons. The van der Waals surface area contributed by atoms with E-state index in [1.165, 1.54) is 13.5 Å². The minimum absolute atomic E-state index is 0.00815. The number of nitrogens with one attached hydrogen (secondary N) is 1. The van der Waals surface area contributed by atoms with Crippen LogP contribution in [0.5, 0.6) is 0 Å². The van der Waals surface area contributed by atoms with Crippen molar-refractivity contribution in [1.29, 1.82) is 0 Å². The normalized spacial score (nSPS) is 39.6. The van der Waals surface area contributed by atoms with Gasteiger partial charge in [0.15, 0.2) is 0 Å². The molecule has 3 atom stereocenters. The summed E-state index contributed by atoms with van der Waals surface area (Å²) in [4.78, 5) is 11.3. The molecule has 1 aliphatic carbocycles. The smallest absolute Gasteiger partial charge is 0.308 e. The minimum atomic E-state index is -0.00815. The van der Waals surface area contributed by atoms with Crippen LogP contribution in [-0.4, -0.2) is 26.2 Å². The second-order valence-corrected chi connectivity index (χ2v) is 3.79. The topological polar surface area (TPSA) is 38.3 Å². The van der Waals surface area contributed by atoms with Gasteiger partial charge in [0.25, 0.3) is 0 Å². The van der Waals surface area contributed by atoms with Crippen LogP contribution in [-0.2, 0) is 9.53 Å². The highest BCUT2D eigenvalue weighted by Crippen LogP contribution is 2.39. The predicted octanol–water partition coefficient (Wildman–Crippen LogP) is 0.405. The standard InChI is InChI=1S/C9H15NO2/c1-12-9(11)7-3-2-6-4-10-5-8(6)7/h6-8,10H,2-5H2,1H3/t6-,7?,8+/m0/s1. The summed E-state index contributed by atoms with van der Waals surface area (Å²) in [5.41, 5.74) is 0. The van der Waals surface area contributed by atoms with Crippen LogP contribution in [0.2, 0.25) is 0 Å². The van der Waals surface area contributed by atoms with Gasteiger partial charge in [0.2, 0.25) is 0 Å². The lowest BCUT2D eigenvalue weighted by atomic mass is 9.93. The summed E-state index contributed by atoms with van der Waals surface area (Å²) in [5, 5.41) is 3.33. The van der Waals surface area contributed by atoms with Crippen LogP contribution in [0.15, 0.2) is 0 Å². The van der Waals surface area contributed by atoms with Crippen molar-refractivity contribution in [3.63, 3.8) is 0 Å². The molecule has 0 bridgehead atoms. The van der Waals surface area contributed by atoms with Crippen molar-refractivity contribution in [2.75, 3.05) is 20.2 Å². The first-order valence-electron chi connectivity index (χ1n) is 4.61. The molecule has 1 heterocycles. The summed E-state index contributed by atoms with van der Waals surface area (Å²) in [6, 6.07) is 0. The molecule has 2 aliphatic rings. The first-order chi connectivity index (χ1) is 5.83. The van der Waals surface area contributed by atoms with Crippen LogP contribution in [0, 0.1) is 17.8 Å². The Bertz CT molecular complexity index is 193. The number of methoxy groups -OCH3 is 1. The van der Waals surface area contributed by atoms with E-state index in [9.17, 15) is 4.79 Å². The molecular weight excluding hydrogens is 154 g/mol. The van der Waals surface area contributed by atoms with Crippen LogP contribution in [0.3, 0.4) is 0 Å². The molecule has 0 amide bonds. The third-order valence-corrected chi connectivity index (χ3v) is 3.26. The molecule has 2 rings (SSSR count). The lowest BCUT2D eigenvalue weighted by molar-refractivity contribution is -0.146. The van der Waals surface area contributed by atoms with E-state index in [2.05, 4.69) is 5.32 Å². The molecule has 1 saturated heterocycles. The second-order valence-electron chi connectivity index (χ2n) is 3.79. The predicted molar refractivity (Wildman–Crippen MR) is 44.6 cm³/mol. The highest BCUT2D eigenvalue weighted by Gasteiger charge is 2.43. The van der Waals surface area contributed by atoms with Crippen molar-refractivity contribution in [3.05, 3.63) is 0 Å². The highest BCUT2D eigenvalue weighted by atomic mass is 16.5. The number of carbonyl (C=O) groups is 1. The van der Waals surface area contributed by atoms with Gasteiger partial charge < -0.3 is 10.1 Å². The Kier molecular flexibility index (Phi) is 2.05. The quantitative estimate of drug-likeness (QED) is 0.578. The third-order valence-electron chi connectivity index (χ3n) is 3.26. The molecule has 1 aliphatic heterocycles. The minimum Gasteiger partial charge on any atom is -0.469 e. The van der Waals surface area contributed by atoms with Crippen molar-refractivity contribution in [2.24, 2.45) is 17.8 Å². The van der Waals surface area contributed by atoms with Gasteiger partial charge in [-0.25, -0.2) is 0 Å². The maximum absolute atomic E-state index is 11.3. The largest absolute Gasteiger partial charge is 0.469 e. The summed E-state index contributed by atoms with van der Waals surface area (Å²) < 4.78 is 4.78. The number of carbonyl (C=O) groups excluding carboxylic acids is 1. The molecule has 0 aromatic rings. The van der Waals surface area contributed by atoms with Crippen LogP contribution in [0.1, 0.15) is 12.8 Å². The molecule has 1 saturated carbocycles. The van der Waals surface area contributed by atoms with E-state index in [0.717, 1.165) is 25.4 Å². The summed E-state index contributed by atoms with van der Waals surface area (Å²) in [6.07, 6.45) is 2.22. The van der Waals surface area contributed by atoms with Gasteiger partial charge in [0.05, 0.1) is 13.0 Å². The summed E-state index contributed by atoms with van der Waals surface area (Å²) >= 11 is 0. The third kappa shape index (κ3) is 1.12. The zero-order valence-corrected chi connectivity index (χ0v) is 7.38. The van der Waals surface area contributed by atoms with E-state index in [1.54, 1.807) is 0 Å². The van der Waals surface area contributed by atoms with Gasteiger partial charge in [-0.2, -0.15) is 0 Å². The average molecular weight is 169 g/mol. The van der Waals surface area contributed by atoms with Crippen LogP contribution >= 0.6 is 0 Å². The Morgan fingerprint density at radius 1 is 1.42 bits per heavy atom. The number of ether oxygens (including phenoxy) is 1. The van der Waals surface area contributed by atoms with Crippen molar-refractivity contribution < 1.29 is 9.53 Å². The number of hydrogen-bond acceptors (Lipinski definition) is 3. The molecule has 1 unspecified atom stereocenters. The fourth-order valence-corrected chi connectivity index (χ4v) is 2.59. The Balaban J connectivity index is 2.04. The molecule has 3 nitrogen and oxygen atoms in total. The van der Waals surface area contributed by atoms with E-state index < -0.39 is 0 Å². The number of fused-ring (bicyclic) bond motifs is 1. The molecule has 12 heavy (non-hydrogen) atoms. The van der Waals surface area contributed by atoms with Gasteiger partial charge in [-0.1, -0.05) is 0 Å². The van der Waals surface area contributed by atoms with E-state index in [4.69, 9.17) is 4.74 Å². The van der Waals surface area contributed by atoms with Crippen LogP contribution in [0.4, 0.5) is 0 Å². The van der Waals surface area contributed by atoms with Crippen LogP contribution < -0.4 is 5.32 Å².